The van der Waals surface area contributed by atoms with Crippen molar-refractivity contribution in [2.75, 3.05) is 6.54 Å². The number of hydrogen-bond donors (Lipinski definition) is 2. The molecule has 1 aromatic carbocycles. The summed E-state index contributed by atoms with van der Waals surface area (Å²) < 4.78 is 0. The van der Waals surface area contributed by atoms with Crippen LogP contribution in [0.15, 0.2) is 30.3 Å². The molecule has 0 unspecified atom stereocenters. The number of carbonyl (C=O) groups excluding carboxylic acids is 1. The third-order valence-corrected chi connectivity index (χ3v) is 5.36. The fraction of sp³-hybridized carbons (Fsp3) is 0.556. The highest BCUT2D eigenvalue weighted by Gasteiger charge is 2.46. The highest BCUT2D eigenvalue weighted by molar-refractivity contribution is 5.85. The molecule has 1 amide bonds. The second-order valence-corrected chi connectivity index (χ2v) is 6.86. The summed E-state index contributed by atoms with van der Waals surface area (Å²) in [6.45, 7) is 0.678. The lowest BCUT2D eigenvalue weighted by atomic mass is 9.66. The Kier molecular flexibility index (Phi) is 4.19. The summed E-state index contributed by atoms with van der Waals surface area (Å²) in [5, 5.41) is 12.2. The number of benzene rings is 1. The monoisotopic (exact) mass is 301 g/mol. The van der Waals surface area contributed by atoms with Crippen molar-refractivity contribution in [1.29, 1.82) is 0 Å². The van der Waals surface area contributed by atoms with Gasteiger partial charge >= 0.3 is 5.97 Å². The predicted octanol–water partition coefficient (Wildman–Crippen LogP) is 2.94. The van der Waals surface area contributed by atoms with E-state index in [1.807, 2.05) is 6.07 Å². The van der Waals surface area contributed by atoms with Crippen LogP contribution in [0.2, 0.25) is 0 Å². The van der Waals surface area contributed by atoms with Gasteiger partial charge in [-0.15, -0.1) is 0 Å². The number of amides is 1. The van der Waals surface area contributed by atoms with E-state index in [2.05, 4.69) is 29.6 Å². The standard InChI is InChI=1S/C18H23NO3/c20-16(11-18(17(21)22)7-4-8-18)19-12-13-9-15(10-13)14-5-2-1-3-6-14/h1-3,5-6,13,15H,4,7-12H2,(H,19,20)(H,21,22). The van der Waals surface area contributed by atoms with Gasteiger partial charge in [-0.1, -0.05) is 36.8 Å². The summed E-state index contributed by atoms with van der Waals surface area (Å²) in [6, 6.07) is 10.5. The summed E-state index contributed by atoms with van der Waals surface area (Å²) in [6.07, 6.45) is 4.53. The van der Waals surface area contributed by atoms with E-state index in [1.165, 1.54) is 5.56 Å². The summed E-state index contributed by atoms with van der Waals surface area (Å²) in [5.74, 6) is 0.211. The van der Waals surface area contributed by atoms with Gasteiger partial charge in [0.1, 0.15) is 0 Å². The van der Waals surface area contributed by atoms with E-state index in [0.29, 0.717) is 31.2 Å². The Balaban J connectivity index is 1.39. The molecular weight excluding hydrogens is 278 g/mol. The zero-order valence-electron chi connectivity index (χ0n) is 12.8. The van der Waals surface area contributed by atoms with Crippen molar-refractivity contribution in [1.82, 2.24) is 5.32 Å². The SMILES string of the molecule is O=C(CC1(C(=O)O)CCC1)NCC1CC(c2ccccc2)C1. The van der Waals surface area contributed by atoms with Gasteiger partial charge in [0.05, 0.1) is 5.41 Å². The molecule has 0 bridgehead atoms. The quantitative estimate of drug-likeness (QED) is 0.849. The molecule has 2 saturated carbocycles. The van der Waals surface area contributed by atoms with Crippen molar-refractivity contribution in [3.05, 3.63) is 35.9 Å². The lowest BCUT2D eigenvalue weighted by molar-refractivity contribution is -0.157. The van der Waals surface area contributed by atoms with Crippen molar-refractivity contribution >= 4 is 11.9 Å². The molecule has 118 valence electrons. The third kappa shape index (κ3) is 3.01. The van der Waals surface area contributed by atoms with E-state index in [1.54, 1.807) is 0 Å². The molecule has 0 atom stereocenters. The fourth-order valence-electron chi connectivity index (χ4n) is 3.60. The van der Waals surface area contributed by atoms with Crippen molar-refractivity contribution in [3.63, 3.8) is 0 Å². The first kappa shape index (κ1) is 15.1. The van der Waals surface area contributed by atoms with Gasteiger partial charge < -0.3 is 10.4 Å². The van der Waals surface area contributed by atoms with Crippen molar-refractivity contribution in [2.24, 2.45) is 11.3 Å². The van der Waals surface area contributed by atoms with E-state index in [9.17, 15) is 14.7 Å². The van der Waals surface area contributed by atoms with Gasteiger partial charge in [-0.2, -0.15) is 0 Å². The van der Waals surface area contributed by atoms with E-state index in [-0.39, 0.29) is 12.3 Å². The number of carboxylic acids is 1. The van der Waals surface area contributed by atoms with E-state index >= 15 is 0 Å². The fourth-order valence-corrected chi connectivity index (χ4v) is 3.60. The van der Waals surface area contributed by atoms with Crippen molar-refractivity contribution < 1.29 is 14.7 Å². The maximum Gasteiger partial charge on any atom is 0.310 e. The molecule has 0 heterocycles. The molecule has 2 aliphatic rings. The second-order valence-electron chi connectivity index (χ2n) is 6.86. The maximum absolute atomic E-state index is 12.0. The van der Waals surface area contributed by atoms with Gasteiger partial charge in [-0.05, 0) is 43.1 Å². The Morgan fingerprint density at radius 3 is 2.41 bits per heavy atom. The van der Waals surface area contributed by atoms with Gasteiger partial charge in [-0.25, -0.2) is 0 Å². The average molecular weight is 301 g/mol. The molecular formula is C18H23NO3. The topological polar surface area (TPSA) is 66.4 Å². The first-order valence-electron chi connectivity index (χ1n) is 8.14. The third-order valence-electron chi connectivity index (χ3n) is 5.36. The van der Waals surface area contributed by atoms with Gasteiger partial charge in [0.2, 0.25) is 5.91 Å². The zero-order chi connectivity index (χ0) is 15.6. The summed E-state index contributed by atoms with van der Waals surface area (Å²) in [5.41, 5.74) is 0.598. The van der Waals surface area contributed by atoms with Gasteiger partial charge in [0.25, 0.3) is 0 Å². The van der Waals surface area contributed by atoms with Crippen LogP contribution in [0.1, 0.15) is 50.0 Å². The van der Waals surface area contributed by atoms with Crippen molar-refractivity contribution in [2.45, 2.75) is 44.4 Å². The van der Waals surface area contributed by atoms with Crippen LogP contribution in [0.4, 0.5) is 0 Å². The van der Waals surface area contributed by atoms with Crippen LogP contribution in [0, 0.1) is 11.3 Å². The first-order valence-corrected chi connectivity index (χ1v) is 8.14. The highest BCUT2D eigenvalue weighted by atomic mass is 16.4. The normalized spacial score (nSPS) is 25.6. The van der Waals surface area contributed by atoms with Crippen molar-refractivity contribution in [3.8, 4) is 0 Å². The highest BCUT2D eigenvalue weighted by Crippen LogP contribution is 2.44. The molecule has 22 heavy (non-hydrogen) atoms. The van der Waals surface area contributed by atoms with Crippen LogP contribution in [0.5, 0.6) is 0 Å². The molecule has 3 rings (SSSR count). The average Bonchev–Trinajstić information content (AvgIpc) is 2.42. The molecule has 1 aromatic rings. The Labute approximate surface area is 130 Å². The summed E-state index contributed by atoms with van der Waals surface area (Å²) in [7, 11) is 0. The Morgan fingerprint density at radius 2 is 1.86 bits per heavy atom. The number of rotatable bonds is 6. The molecule has 0 aromatic heterocycles. The van der Waals surface area contributed by atoms with Gasteiger partial charge in [0.15, 0.2) is 0 Å². The molecule has 0 aliphatic heterocycles. The minimum absolute atomic E-state index is 0.106. The Morgan fingerprint density at radius 1 is 1.18 bits per heavy atom. The van der Waals surface area contributed by atoms with Crippen LogP contribution in [0.25, 0.3) is 0 Å². The second kappa shape index (κ2) is 6.11. The molecule has 2 N–H and O–H groups in total. The summed E-state index contributed by atoms with van der Waals surface area (Å²) in [4.78, 5) is 23.2. The predicted molar refractivity (Wildman–Crippen MR) is 83.5 cm³/mol. The zero-order valence-corrected chi connectivity index (χ0v) is 12.8. The Hall–Kier alpha value is -1.84. The molecule has 4 nitrogen and oxygen atoms in total. The maximum atomic E-state index is 12.0. The van der Waals surface area contributed by atoms with E-state index in [4.69, 9.17) is 0 Å². The Bertz CT molecular complexity index is 545. The van der Waals surface area contributed by atoms with Gasteiger partial charge in [0, 0.05) is 13.0 Å². The largest absolute Gasteiger partial charge is 0.481 e. The molecule has 0 spiro atoms. The van der Waals surface area contributed by atoms with E-state index < -0.39 is 11.4 Å². The smallest absolute Gasteiger partial charge is 0.310 e. The number of carbonyl (C=O) groups is 2. The number of nitrogens with one attached hydrogen (secondary N) is 1. The molecule has 4 heteroatoms. The minimum atomic E-state index is -0.818. The van der Waals surface area contributed by atoms with Crippen LogP contribution in [0.3, 0.4) is 0 Å². The van der Waals surface area contributed by atoms with Crippen LogP contribution in [-0.4, -0.2) is 23.5 Å². The molecule has 2 fully saturated rings. The molecule has 2 aliphatic carbocycles. The number of carboxylic acid groups (broad SMARTS) is 1. The van der Waals surface area contributed by atoms with Crippen LogP contribution < -0.4 is 5.32 Å². The summed E-state index contributed by atoms with van der Waals surface area (Å²) >= 11 is 0. The minimum Gasteiger partial charge on any atom is -0.481 e. The van der Waals surface area contributed by atoms with Crippen LogP contribution in [-0.2, 0) is 9.59 Å². The lowest BCUT2D eigenvalue weighted by Gasteiger charge is -2.38. The number of aliphatic carboxylic acids is 1. The van der Waals surface area contributed by atoms with E-state index in [0.717, 1.165) is 19.3 Å². The lowest BCUT2D eigenvalue weighted by Crippen LogP contribution is -2.44. The first-order chi connectivity index (χ1) is 10.6. The van der Waals surface area contributed by atoms with Crippen LogP contribution >= 0.6 is 0 Å². The van der Waals surface area contributed by atoms with Gasteiger partial charge in [-0.3, -0.25) is 9.59 Å². The molecule has 0 radical (unpaired) electrons. The molecule has 0 saturated heterocycles. The number of hydrogen-bond acceptors (Lipinski definition) is 2.